The molecule has 2 heterocycles. The highest BCUT2D eigenvalue weighted by atomic mass is 32.2. The number of aromatic nitrogens is 2. The Kier molecular flexibility index (Phi) is 7.38. The van der Waals surface area contributed by atoms with Gasteiger partial charge in [0.15, 0.2) is 5.16 Å². The number of carbonyl (C=O) groups is 1. The van der Waals surface area contributed by atoms with Crippen LogP contribution in [0, 0.1) is 20.8 Å². The molecule has 0 bridgehead atoms. The SMILES string of the molecule is COc1ccccc1CN1CCc2nc(SCC(=O)Nc3c(C)cc(C)cc3C)[nH]c(=O)c2C1. The smallest absolute Gasteiger partial charge is 0.256 e. The Morgan fingerprint density at radius 2 is 1.94 bits per heavy atom. The fourth-order valence-corrected chi connectivity index (χ4v) is 5.10. The third-order valence-corrected chi connectivity index (χ3v) is 6.87. The summed E-state index contributed by atoms with van der Waals surface area (Å²) in [5, 5.41) is 3.48. The predicted molar refractivity (Wildman–Crippen MR) is 136 cm³/mol. The van der Waals surface area contributed by atoms with Crippen LogP contribution in [0.5, 0.6) is 5.75 Å². The molecule has 1 aromatic heterocycles. The van der Waals surface area contributed by atoms with Crippen molar-refractivity contribution in [3.8, 4) is 5.75 Å². The van der Waals surface area contributed by atoms with E-state index in [2.05, 4.69) is 32.3 Å². The first kappa shape index (κ1) is 24.0. The second-order valence-electron chi connectivity index (χ2n) is 8.68. The molecule has 0 atom stereocenters. The first-order chi connectivity index (χ1) is 16.3. The number of rotatable bonds is 7. The summed E-state index contributed by atoms with van der Waals surface area (Å²) in [4.78, 5) is 35.1. The summed E-state index contributed by atoms with van der Waals surface area (Å²) in [7, 11) is 1.67. The van der Waals surface area contributed by atoms with Crippen LogP contribution in [-0.2, 0) is 24.3 Å². The van der Waals surface area contributed by atoms with Gasteiger partial charge < -0.3 is 15.0 Å². The molecule has 1 aliphatic rings. The Morgan fingerprint density at radius 1 is 1.21 bits per heavy atom. The van der Waals surface area contributed by atoms with Gasteiger partial charge >= 0.3 is 0 Å². The van der Waals surface area contributed by atoms with Crippen molar-refractivity contribution in [2.45, 2.75) is 45.4 Å². The number of carbonyl (C=O) groups excluding carboxylic acids is 1. The van der Waals surface area contributed by atoms with Crippen molar-refractivity contribution < 1.29 is 9.53 Å². The van der Waals surface area contributed by atoms with Gasteiger partial charge in [-0.3, -0.25) is 14.5 Å². The minimum atomic E-state index is -0.136. The fraction of sp³-hybridized carbons (Fsp3) is 0.346. The van der Waals surface area contributed by atoms with E-state index >= 15 is 0 Å². The van der Waals surface area contributed by atoms with Crippen LogP contribution in [0.3, 0.4) is 0 Å². The van der Waals surface area contributed by atoms with Gasteiger partial charge in [0.1, 0.15) is 5.75 Å². The van der Waals surface area contributed by atoms with Crippen molar-refractivity contribution in [2.24, 2.45) is 0 Å². The monoisotopic (exact) mass is 478 g/mol. The van der Waals surface area contributed by atoms with Crippen LogP contribution in [0.4, 0.5) is 5.69 Å². The lowest BCUT2D eigenvalue weighted by molar-refractivity contribution is -0.113. The molecule has 1 amide bonds. The maximum absolute atomic E-state index is 12.8. The van der Waals surface area contributed by atoms with Gasteiger partial charge in [-0.2, -0.15) is 0 Å². The van der Waals surface area contributed by atoms with Gasteiger partial charge in [-0.15, -0.1) is 0 Å². The van der Waals surface area contributed by atoms with Gasteiger partial charge in [0.25, 0.3) is 5.56 Å². The van der Waals surface area contributed by atoms with Crippen molar-refractivity contribution in [3.05, 3.63) is 80.3 Å². The van der Waals surface area contributed by atoms with E-state index in [1.807, 2.05) is 45.0 Å². The standard InChI is InChI=1S/C26H30N4O3S/c1-16-11-17(2)24(18(3)12-16)28-23(31)15-34-26-27-21-9-10-30(14-20(21)25(32)29-26)13-19-7-5-6-8-22(19)33-4/h5-8,11-12H,9-10,13-15H2,1-4H3,(H,28,31)(H,27,29,32). The van der Waals surface area contributed by atoms with E-state index in [1.165, 1.54) is 17.3 Å². The summed E-state index contributed by atoms with van der Waals surface area (Å²) < 4.78 is 5.46. The van der Waals surface area contributed by atoms with Crippen LogP contribution in [-0.4, -0.2) is 40.2 Å². The van der Waals surface area contributed by atoms with Gasteiger partial charge in [-0.1, -0.05) is 47.7 Å². The van der Waals surface area contributed by atoms with Crippen LogP contribution in [0.25, 0.3) is 0 Å². The predicted octanol–water partition coefficient (Wildman–Crippen LogP) is 3.99. The molecule has 178 valence electrons. The minimum Gasteiger partial charge on any atom is -0.496 e. The van der Waals surface area contributed by atoms with E-state index in [4.69, 9.17) is 4.74 Å². The van der Waals surface area contributed by atoms with Crippen LogP contribution >= 0.6 is 11.8 Å². The number of anilines is 1. The molecule has 0 saturated heterocycles. The second kappa shape index (κ2) is 10.4. The molecular formula is C26H30N4O3S. The molecular weight excluding hydrogens is 448 g/mol. The topological polar surface area (TPSA) is 87.3 Å². The van der Waals surface area contributed by atoms with Gasteiger partial charge in [0.2, 0.25) is 5.91 Å². The zero-order valence-corrected chi connectivity index (χ0v) is 20.8. The molecule has 0 aliphatic carbocycles. The third kappa shape index (κ3) is 5.51. The first-order valence-corrected chi connectivity index (χ1v) is 12.3. The number of para-hydroxylation sites is 1. The third-order valence-electron chi connectivity index (χ3n) is 5.99. The summed E-state index contributed by atoms with van der Waals surface area (Å²) >= 11 is 1.25. The van der Waals surface area contributed by atoms with E-state index in [9.17, 15) is 9.59 Å². The summed E-state index contributed by atoms with van der Waals surface area (Å²) in [6.45, 7) is 8.06. The number of methoxy groups -OCH3 is 1. The van der Waals surface area contributed by atoms with Crippen LogP contribution in [0.2, 0.25) is 0 Å². The van der Waals surface area contributed by atoms with E-state index < -0.39 is 0 Å². The van der Waals surface area contributed by atoms with Crippen molar-refractivity contribution in [1.82, 2.24) is 14.9 Å². The summed E-state index contributed by atoms with van der Waals surface area (Å²) in [5.41, 5.74) is 6.55. The van der Waals surface area contributed by atoms with Crippen LogP contribution in [0.15, 0.2) is 46.3 Å². The second-order valence-corrected chi connectivity index (χ2v) is 9.64. The summed E-state index contributed by atoms with van der Waals surface area (Å²) in [5.74, 6) is 0.902. The number of hydrogen-bond donors (Lipinski definition) is 2. The molecule has 0 spiro atoms. The van der Waals surface area contributed by atoms with Crippen molar-refractivity contribution >= 4 is 23.4 Å². The molecule has 4 rings (SSSR count). The Bertz CT molecular complexity index is 1250. The molecule has 0 radical (unpaired) electrons. The maximum atomic E-state index is 12.8. The van der Waals surface area contributed by atoms with E-state index in [0.29, 0.717) is 30.2 Å². The first-order valence-electron chi connectivity index (χ1n) is 11.3. The van der Waals surface area contributed by atoms with Crippen LogP contribution in [0.1, 0.15) is 33.5 Å². The van der Waals surface area contributed by atoms with Gasteiger partial charge in [0.05, 0.1) is 24.1 Å². The van der Waals surface area contributed by atoms with Crippen molar-refractivity contribution in [3.63, 3.8) is 0 Å². The molecule has 2 N–H and O–H groups in total. The average Bonchev–Trinajstić information content (AvgIpc) is 2.81. The van der Waals surface area contributed by atoms with Gasteiger partial charge in [0, 0.05) is 37.3 Å². The molecule has 0 fully saturated rings. The molecule has 34 heavy (non-hydrogen) atoms. The Balaban J connectivity index is 1.39. The highest BCUT2D eigenvalue weighted by molar-refractivity contribution is 7.99. The Labute approximate surface area is 203 Å². The molecule has 3 aromatic rings. The zero-order chi connectivity index (χ0) is 24.2. The lowest BCUT2D eigenvalue weighted by atomic mass is 10.1. The number of thioether (sulfide) groups is 1. The molecule has 0 saturated carbocycles. The molecule has 7 nitrogen and oxygen atoms in total. The maximum Gasteiger partial charge on any atom is 0.256 e. The lowest BCUT2D eigenvalue weighted by Gasteiger charge is -2.28. The number of hydrogen-bond acceptors (Lipinski definition) is 6. The molecule has 0 unspecified atom stereocenters. The minimum absolute atomic E-state index is 0.122. The largest absolute Gasteiger partial charge is 0.496 e. The fourth-order valence-electron chi connectivity index (χ4n) is 4.42. The number of ether oxygens (including phenoxy) is 1. The molecule has 2 aromatic carbocycles. The zero-order valence-electron chi connectivity index (χ0n) is 20.0. The van der Waals surface area contributed by atoms with Crippen molar-refractivity contribution in [2.75, 3.05) is 24.7 Å². The number of aromatic amines is 1. The normalized spacial score (nSPS) is 13.4. The summed E-state index contributed by atoms with van der Waals surface area (Å²) in [6.07, 6.45) is 0.690. The number of amides is 1. The Morgan fingerprint density at radius 3 is 2.68 bits per heavy atom. The highest BCUT2D eigenvalue weighted by Crippen LogP contribution is 2.25. The van der Waals surface area contributed by atoms with Crippen LogP contribution < -0.4 is 15.6 Å². The number of nitrogens with one attached hydrogen (secondary N) is 2. The number of H-pyrrole nitrogens is 1. The number of benzene rings is 2. The number of aryl methyl sites for hydroxylation is 3. The Hall–Kier alpha value is -3.10. The van der Waals surface area contributed by atoms with Gasteiger partial charge in [-0.05, 0) is 38.0 Å². The number of fused-ring (bicyclic) bond motifs is 1. The van der Waals surface area contributed by atoms with E-state index in [0.717, 1.165) is 40.4 Å². The number of nitrogens with zero attached hydrogens (tertiary/aromatic N) is 2. The lowest BCUT2D eigenvalue weighted by Crippen LogP contribution is -2.35. The van der Waals surface area contributed by atoms with E-state index in [-0.39, 0.29) is 17.2 Å². The summed E-state index contributed by atoms with van der Waals surface area (Å²) in [6, 6.07) is 12.0. The molecule has 8 heteroatoms. The highest BCUT2D eigenvalue weighted by Gasteiger charge is 2.22. The quantitative estimate of drug-likeness (QED) is 0.394. The average molecular weight is 479 g/mol. The van der Waals surface area contributed by atoms with Gasteiger partial charge in [-0.25, -0.2) is 4.98 Å². The van der Waals surface area contributed by atoms with E-state index in [1.54, 1.807) is 7.11 Å². The molecule has 1 aliphatic heterocycles. The van der Waals surface area contributed by atoms with Crippen molar-refractivity contribution in [1.29, 1.82) is 0 Å².